The summed E-state index contributed by atoms with van der Waals surface area (Å²) in [5.41, 5.74) is 8.51. The lowest BCUT2D eigenvalue weighted by atomic mass is 10.2. The number of hydrogen-bond acceptors (Lipinski definition) is 4. The van der Waals surface area contributed by atoms with Gasteiger partial charge in [0.05, 0.1) is 5.69 Å². The van der Waals surface area contributed by atoms with Crippen LogP contribution in [0.15, 0.2) is 48.5 Å². The van der Waals surface area contributed by atoms with E-state index in [1.807, 2.05) is 31.2 Å². The van der Waals surface area contributed by atoms with Crippen molar-refractivity contribution in [2.24, 2.45) is 0 Å². The molecule has 1 heterocycles. The summed E-state index contributed by atoms with van der Waals surface area (Å²) in [6.07, 6.45) is 0. The van der Waals surface area contributed by atoms with E-state index in [9.17, 15) is 9.18 Å². The quantitative estimate of drug-likeness (QED) is 0.675. The molecule has 24 heavy (non-hydrogen) atoms. The van der Waals surface area contributed by atoms with Crippen molar-refractivity contribution in [3.8, 4) is 5.69 Å². The van der Waals surface area contributed by atoms with Crippen LogP contribution >= 0.6 is 23.6 Å². The van der Waals surface area contributed by atoms with E-state index in [1.54, 1.807) is 4.57 Å². The van der Waals surface area contributed by atoms with Crippen LogP contribution in [0.5, 0.6) is 0 Å². The van der Waals surface area contributed by atoms with Crippen LogP contribution in [-0.4, -0.2) is 10.5 Å². The fourth-order valence-corrected chi connectivity index (χ4v) is 3.56. The van der Waals surface area contributed by atoms with E-state index in [2.05, 4.69) is 5.32 Å². The van der Waals surface area contributed by atoms with Gasteiger partial charge in [-0.15, -0.1) is 0 Å². The number of carbonyl (C=O) groups is 1. The number of thiazole rings is 1. The predicted molar refractivity (Wildman–Crippen MR) is 98.0 cm³/mol. The number of aromatic nitrogens is 1. The normalized spacial score (nSPS) is 10.6. The Morgan fingerprint density at radius 3 is 2.54 bits per heavy atom. The molecule has 0 radical (unpaired) electrons. The average Bonchev–Trinajstić information content (AvgIpc) is 2.85. The fraction of sp³-hybridized carbons (Fsp3) is 0.0588. The SMILES string of the molecule is Cc1ccccc1-n1c(N)c(C(=O)Nc2ccc(F)cc2)sc1=S. The van der Waals surface area contributed by atoms with Crippen LogP contribution in [-0.2, 0) is 0 Å². The molecule has 1 amide bonds. The number of para-hydroxylation sites is 1. The average molecular weight is 359 g/mol. The van der Waals surface area contributed by atoms with Gasteiger partial charge in [0, 0.05) is 5.69 Å². The van der Waals surface area contributed by atoms with Gasteiger partial charge in [-0.25, -0.2) is 4.39 Å². The molecule has 0 bridgehead atoms. The van der Waals surface area contributed by atoms with Crippen molar-refractivity contribution in [1.82, 2.24) is 4.57 Å². The van der Waals surface area contributed by atoms with Crippen LogP contribution in [0, 0.1) is 16.7 Å². The highest BCUT2D eigenvalue weighted by Gasteiger charge is 2.19. The predicted octanol–water partition coefficient (Wildman–Crippen LogP) is 4.55. The molecule has 0 aliphatic rings. The highest BCUT2D eigenvalue weighted by atomic mass is 32.1. The summed E-state index contributed by atoms with van der Waals surface area (Å²) < 4.78 is 15.1. The molecule has 2 aromatic carbocycles. The Labute approximate surface area is 147 Å². The van der Waals surface area contributed by atoms with E-state index in [1.165, 1.54) is 24.3 Å². The number of aryl methyl sites for hydroxylation is 1. The van der Waals surface area contributed by atoms with Gasteiger partial charge in [-0.05, 0) is 55.0 Å². The molecular formula is C17H14FN3OS2. The van der Waals surface area contributed by atoms with Crippen LogP contribution in [0.3, 0.4) is 0 Å². The molecule has 0 atom stereocenters. The first-order valence-corrected chi connectivity index (χ1v) is 8.34. The molecule has 0 saturated carbocycles. The number of amides is 1. The minimum absolute atomic E-state index is 0.291. The maximum atomic E-state index is 12.9. The molecule has 1 aromatic heterocycles. The molecule has 0 aliphatic heterocycles. The molecule has 4 nitrogen and oxygen atoms in total. The van der Waals surface area contributed by atoms with Crippen molar-refractivity contribution >= 4 is 41.0 Å². The highest BCUT2D eigenvalue weighted by Crippen LogP contribution is 2.28. The van der Waals surface area contributed by atoms with Crippen molar-refractivity contribution in [2.75, 3.05) is 11.1 Å². The Morgan fingerprint density at radius 2 is 1.88 bits per heavy atom. The second kappa shape index (κ2) is 6.54. The number of nitrogen functional groups attached to an aromatic ring is 1. The summed E-state index contributed by atoms with van der Waals surface area (Å²) in [5, 5.41) is 2.70. The van der Waals surface area contributed by atoms with Gasteiger partial charge >= 0.3 is 0 Å². The zero-order valence-electron chi connectivity index (χ0n) is 12.7. The van der Waals surface area contributed by atoms with Gasteiger partial charge in [0.1, 0.15) is 16.5 Å². The lowest BCUT2D eigenvalue weighted by Crippen LogP contribution is -2.13. The molecule has 3 aromatic rings. The van der Waals surface area contributed by atoms with E-state index in [0.717, 1.165) is 22.6 Å². The minimum Gasteiger partial charge on any atom is -0.383 e. The summed E-state index contributed by atoms with van der Waals surface area (Å²) in [5.74, 6) is -0.449. The number of benzene rings is 2. The number of nitrogens with two attached hydrogens (primary N) is 1. The Hall–Kier alpha value is -2.51. The molecule has 3 rings (SSSR count). The van der Waals surface area contributed by atoms with Crippen molar-refractivity contribution in [3.05, 3.63) is 68.7 Å². The Morgan fingerprint density at radius 1 is 1.21 bits per heavy atom. The third-order valence-corrected chi connectivity index (χ3v) is 4.90. The van der Waals surface area contributed by atoms with Gasteiger partial charge in [-0.1, -0.05) is 29.5 Å². The molecule has 122 valence electrons. The van der Waals surface area contributed by atoms with Crippen molar-refractivity contribution < 1.29 is 9.18 Å². The van der Waals surface area contributed by atoms with Gasteiger partial charge in [0.15, 0.2) is 3.95 Å². The lowest BCUT2D eigenvalue weighted by Gasteiger charge is -2.09. The Kier molecular flexibility index (Phi) is 4.46. The van der Waals surface area contributed by atoms with Crippen LogP contribution in [0.2, 0.25) is 0 Å². The zero-order valence-corrected chi connectivity index (χ0v) is 14.4. The maximum Gasteiger partial charge on any atom is 0.269 e. The highest BCUT2D eigenvalue weighted by molar-refractivity contribution is 7.73. The van der Waals surface area contributed by atoms with Gasteiger partial charge in [0.25, 0.3) is 5.91 Å². The number of nitrogens with zero attached hydrogens (tertiary/aromatic N) is 1. The van der Waals surface area contributed by atoms with Crippen molar-refractivity contribution in [1.29, 1.82) is 0 Å². The fourth-order valence-electron chi connectivity index (χ4n) is 2.31. The molecule has 0 saturated heterocycles. The smallest absolute Gasteiger partial charge is 0.269 e. The molecule has 0 fully saturated rings. The van der Waals surface area contributed by atoms with E-state index < -0.39 is 0 Å². The first-order chi connectivity index (χ1) is 11.5. The van der Waals surface area contributed by atoms with E-state index in [-0.39, 0.29) is 11.7 Å². The molecule has 0 aliphatic carbocycles. The third-order valence-electron chi connectivity index (χ3n) is 3.51. The molecule has 3 N–H and O–H groups in total. The van der Waals surface area contributed by atoms with Crippen molar-refractivity contribution in [3.63, 3.8) is 0 Å². The summed E-state index contributed by atoms with van der Waals surface area (Å²) in [4.78, 5) is 12.8. The van der Waals surface area contributed by atoms with Crippen LogP contribution in [0.1, 0.15) is 15.2 Å². The van der Waals surface area contributed by atoms with Crippen molar-refractivity contribution in [2.45, 2.75) is 6.92 Å². The number of hydrogen-bond donors (Lipinski definition) is 2. The Balaban J connectivity index is 1.97. The van der Waals surface area contributed by atoms with Crippen LogP contribution in [0.4, 0.5) is 15.9 Å². The third kappa shape index (κ3) is 3.08. The second-order valence-electron chi connectivity index (χ2n) is 5.17. The topological polar surface area (TPSA) is 60.0 Å². The van der Waals surface area contributed by atoms with E-state index in [4.69, 9.17) is 18.0 Å². The molecular weight excluding hydrogens is 345 g/mol. The van der Waals surface area contributed by atoms with Gasteiger partial charge in [-0.3, -0.25) is 9.36 Å². The zero-order chi connectivity index (χ0) is 17.3. The Bertz CT molecular complexity index is 961. The van der Waals surface area contributed by atoms with E-state index >= 15 is 0 Å². The summed E-state index contributed by atoms with van der Waals surface area (Å²) in [6.45, 7) is 1.95. The first kappa shape index (κ1) is 16.4. The summed E-state index contributed by atoms with van der Waals surface area (Å²) >= 11 is 6.52. The second-order valence-corrected chi connectivity index (χ2v) is 6.81. The monoisotopic (exact) mass is 359 g/mol. The van der Waals surface area contributed by atoms with Crippen LogP contribution < -0.4 is 11.1 Å². The summed E-state index contributed by atoms with van der Waals surface area (Å²) in [6, 6.07) is 13.2. The van der Waals surface area contributed by atoms with Gasteiger partial charge < -0.3 is 11.1 Å². The molecule has 7 heteroatoms. The standard InChI is InChI=1S/C17H14FN3OS2/c1-10-4-2-3-5-13(10)21-15(19)14(24-17(21)23)16(22)20-12-8-6-11(18)7-9-12/h2-9H,19H2,1H3,(H,20,22). The van der Waals surface area contributed by atoms with Gasteiger partial charge in [-0.2, -0.15) is 0 Å². The number of rotatable bonds is 3. The molecule has 0 unspecified atom stereocenters. The lowest BCUT2D eigenvalue weighted by molar-refractivity contribution is 0.103. The number of carbonyl (C=O) groups excluding carboxylic acids is 1. The molecule has 0 spiro atoms. The maximum absolute atomic E-state index is 12.9. The first-order valence-electron chi connectivity index (χ1n) is 7.11. The van der Waals surface area contributed by atoms with E-state index in [0.29, 0.717) is 20.3 Å². The summed E-state index contributed by atoms with van der Waals surface area (Å²) in [7, 11) is 0. The number of anilines is 2. The van der Waals surface area contributed by atoms with Gasteiger partial charge in [0.2, 0.25) is 0 Å². The largest absolute Gasteiger partial charge is 0.383 e. The number of nitrogens with one attached hydrogen (secondary N) is 1. The van der Waals surface area contributed by atoms with Crippen LogP contribution in [0.25, 0.3) is 5.69 Å². The number of halogens is 1. The minimum atomic E-state index is -0.373.